The predicted molar refractivity (Wildman–Crippen MR) is 158 cm³/mol. The lowest BCUT2D eigenvalue weighted by atomic mass is 9.79. The van der Waals surface area contributed by atoms with Gasteiger partial charge in [-0.1, -0.05) is 83.4 Å². The smallest absolute Gasteiger partial charge is 0.259 e. The van der Waals surface area contributed by atoms with Gasteiger partial charge in [0, 0.05) is 32.2 Å². The van der Waals surface area contributed by atoms with Gasteiger partial charge in [-0.2, -0.15) is 0 Å². The fraction of sp³-hybridized carbons (Fsp3) is 0.121. The van der Waals surface area contributed by atoms with Crippen molar-refractivity contribution >= 4 is 52.0 Å². The van der Waals surface area contributed by atoms with Crippen LogP contribution >= 0.6 is 34.8 Å². The van der Waals surface area contributed by atoms with Crippen LogP contribution in [-0.4, -0.2) is 5.91 Å². The average molecular weight is 557 g/mol. The van der Waals surface area contributed by atoms with Crippen molar-refractivity contribution < 1.29 is 4.79 Å². The van der Waals surface area contributed by atoms with E-state index in [9.17, 15) is 4.79 Å². The summed E-state index contributed by atoms with van der Waals surface area (Å²) in [6, 6.07) is 29.1. The van der Waals surface area contributed by atoms with Crippen LogP contribution in [0.2, 0.25) is 15.1 Å². The lowest BCUT2D eigenvalue weighted by molar-refractivity contribution is 0.0988. The number of amides is 1. The molecule has 0 radical (unpaired) electrons. The van der Waals surface area contributed by atoms with Crippen molar-refractivity contribution in [2.45, 2.75) is 19.4 Å². The predicted octanol–water partition coefficient (Wildman–Crippen LogP) is 9.60. The van der Waals surface area contributed by atoms with Crippen LogP contribution < -0.4 is 4.90 Å². The van der Waals surface area contributed by atoms with Crippen LogP contribution in [0.5, 0.6) is 0 Å². The first kappa shape index (κ1) is 25.0. The van der Waals surface area contributed by atoms with Crippen molar-refractivity contribution in [1.29, 1.82) is 0 Å². The molecule has 188 valence electrons. The van der Waals surface area contributed by atoms with E-state index >= 15 is 0 Å². The Hall–Kier alpha value is -3.30. The van der Waals surface area contributed by atoms with E-state index in [2.05, 4.69) is 37.8 Å². The van der Waals surface area contributed by atoms with E-state index < -0.39 is 0 Å². The molecule has 0 bridgehead atoms. The molecule has 1 amide bonds. The van der Waals surface area contributed by atoms with Crippen LogP contribution in [0.1, 0.15) is 45.6 Å². The zero-order valence-electron chi connectivity index (χ0n) is 20.7. The maximum Gasteiger partial charge on any atom is 0.259 e. The first-order valence-corrected chi connectivity index (χ1v) is 13.6. The van der Waals surface area contributed by atoms with Crippen LogP contribution in [0.25, 0.3) is 5.57 Å². The van der Waals surface area contributed by atoms with Crippen LogP contribution in [0, 0.1) is 5.92 Å². The molecule has 0 spiro atoms. The highest BCUT2D eigenvalue weighted by Crippen LogP contribution is 2.51. The number of carbonyl (C=O) groups excluding carboxylic acids is 1. The fourth-order valence-corrected chi connectivity index (χ4v) is 6.40. The van der Waals surface area contributed by atoms with Gasteiger partial charge in [0.2, 0.25) is 0 Å². The summed E-state index contributed by atoms with van der Waals surface area (Å²) in [6.45, 7) is 6.52. The molecule has 38 heavy (non-hydrogen) atoms. The number of benzene rings is 4. The maximum absolute atomic E-state index is 13.9. The highest BCUT2D eigenvalue weighted by atomic mass is 35.5. The summed E-state index contributed by atoms with van der Waals surface area (Å²) >= 11 is 18.9. The Balaban J connectivity index is 1.59. The number of anilines is 1. The molecule has 1 aliphatic carbocycles. The summed E-state index contributed by atoms with van der Waals surface area (Å²) in [7, 11) is 0. The first-order chi connectivity index (χ1) is 18.3. The molecule has 0 aromatic heterocycles. The van der Waals surface area contributed by atoms with Gasteiger partial charge in [-0.05, 0) is 101 Å². The molecule has 0 fully saturated rings. The molecule has 1 aliphatic heterocycles. The second kappa shape index (κ2) is 9.78. The van der Waals surface area contributed by atoms with Crippen LogP contribution in [0.3, 0.4) is 0 Å². The maximum atomic E-state index is 13.9. The highest BCUT2D eigenvalue weighted by molar-refractivity contribution is 6.31. The topological polar surface area (TPSA) is 20.3 Å². The molecule has 5 heteroatoms. The summed E-state index contributed by atoms with van der Waals surface area (Å²) in [6.07, 6.45) is 0.715. The molecule has 0 saturated carbocycles. The summed E-state index contributed by atoms with van der Waals surface area (Å²) in [5.41, 5.74) is 9.25. The van der Waals surface area contributed by atoms with E-state index in [0.717, 1.165) is 33.5 Å². The third-order valence-electron chi connectivity index (χ3n) is 7.51. The Morgan fingerprint density at radius 2 is 1.47 bits per heavy atom. The largest absolute Gasteiger partial charge is 0.300 e. The van der Waals surface area contributed by atoms with Gasteiger partial charge in [0.25, 0.3) is 5.91 Å². The lowest BCUT2D eigenvalue weighted by Crippen LogP contribution is -2.34. The van der Waals surface area contributed by atoms with Crippen molar-refractivity contribution in [3.05, 3.63) is 152 Å². The molecule has 4 aromatic carbocycles. The third-order valence-corrected chi connectivity index (χ3v) is 8.24. The first-order valence-electron chi connectivity index (χ1n) is 12.4. The Morgan fingerprint density at radius 1 is 0.842 bits per heavy atom. The minimum Gasteiger partial charge on any atom is -0.300 e. The van der Waals surface area contributed by atoms with Gasteiger partial charge < -0.3 is 0 Å². The SMILES string of the molecule is C=C(C)C(C1=C(c2ccc(Cl)cc2)c2ccc(Cl)cc2C1)[C@@H]1c2ccccc2C(=O)N1c1ccc(Cl)cc1. The Morgan fingerprint density at radius 3 is 2.16 bits per heavy atom. The van der Waals surface area contributed by atoms with Crippen molar-refractivity contribution in [1.82, 2.24) is 0 Å². The lowest BCUT2D eigenvalue weighted by Gasteiger charge is -2.34. The summed E-state index contributed by atoms with van der Waals surface area (Å²) in [5.74, 6) is -0.165. The molecule has 1 heterocycles. The number of hydrogen-bond acceptors (Lipinski definition) is 1. The molecule has 2 nitrogen and oxygen atoms in total. The Labute approximate surface area is 237 Å². The van der Waals surface area contributed by atoms with Gasteiger partial charge in [0.1, 0.15) is 0 Å². The number of hydrogen-bond donors (Lipinski definition) is 0. The van der Waals surface area contributed by atoms with E-state index in [0.29, 0.717) is 27.1 Å². The van der Waals surface area contributed by atoms with Gasteiger partial charge >= 0.3 is 0 Å². The molecular weight excluding hydrogens is 533 g/mol. The van der Waals surface area contributed by atoms with Crippen LogP contribution in [0.4, 0.5) is 5.69 Å². The van der Waals surface area contributed by atoms with Crippen molar-refractivity contribution in [3.63, 3.8) is 0 Å². The average Bonchev–Trinajstić information content (AvgIpc) is 3.40. The molecule has 0 N–H and O–H groups in total. The standard InChI is InChI=1S/C33H24Cl3NO/c1-19(2)30(29-18-21-17-24(36)13-16-26(21)31(29)20-7-9-22(34)10-8-20)32-27-5-3-4-6-28(27)33(38)37(32)25-14-11-23(35)12-15-25/h3-17,30,32H,1,18H2,2H3/t30?,32-/m0/s1. The summed E-state index contributed by atoms with van der Waals surface area (Å²) < 4.78 is 0. The van der Waals surface area contributed by atoms with Gasteiger partial charge in [0.05, 0.1) is 6.04 Å². The van der Waals surface area contributed by atoms with Crippen molar-refractivity contribution in [2.75, 3.05) is 4.90 Å². The van der Waals surface area contributed by atoms with E-state index in [-0.39, 0.29) is 17.9 Å². The highest BCUT2D eigenvalue weighted by Gasteiger charge is 2.45. The third kappa shape index (κ3) is 4.18. The van der Waals surface area contributed by atoms with Crippen molar-refractivity contribution in [2.24, 2.45) is 5.92 Å². The molecule has 2 atom stereocenters. The number of halogens is 3. The van der Waals surface area contributed by atoms with E-state index in [4.69, 9.17) is 34.8 Å². The monoisotopic (exact) mass is 555 g/mol. The van der Waals surface area contributed by atoms with Gasteiger partial charge in [-0.3, -0.25) is 9.69 Å². The number of rotatable bonds is 5. The number of fused-ring (bicyclic) bond motifs is 2. The van der Waals surface area contributed by atoms with E-state index in [1.54, 1.807) is 0 Å². The molecule has 0 saturated heterocycles. The van der Waals surface area contributed by atoms with Crippen LogP contribution in [0.15, 0.2) is 109 Å². The van der Waals surface area contributed by atoms with E-state index in [1.807, 2.05) is 71.6 Å². The second-order valence-electron chi connectivity index (χ2n) is 9.89. The van der Waals surface area contributed by atoms with Crippen LogP contribution in [-0.2, 0) is 6.42 Å². The number of carbonyl (C=O) groups is 1. The molecule has 1 unspecified atom stereocenters. The van der Waals surface area contributed by atoms with Gasteiger partial charge in [-0.15, -0.1) is 0 Å². The quantitative estimate of drug-likeness (QED) is 0.224. The van der Waals surface area contributed by atoms with Gasteiger partial charge in [-0.25, -0.2) is 0 Å². The fourth-order valence-electron chi connectivity index (χ4n) is 5.95. The zero-order valence-corrected chi connectivity index (χ0v) is 23.0. The second-order valence-corrected chi connectivity index (χ2v) is 11.2. The van der Waals surface area contributed by atoms with E-state index in [1.165, 1.54) is 11.1 Å². The molecular formula is C33H24Cl3NO. The zero-order chi connectivity index (χ0) is 26.6. The minimum atomic E-state index is -0.264. The minimum absolute atomic E-state index is 0.0219. The number of nitrogens with zero attached hydrogens (tertiary/aromatic N) is 1. The molecule has 6 rings (SSSR count). The Bertz CT molecular complexity index is 1620. The molecule has 4 aromatic rings. The normalized spacial score (nSPS) is 17.0. The van der Waals surface area contributed by atoms with Gasteiger partial charge in [0.15, 0.2) is 0 Å². The Kier molecular flexibility index (Phi) is 6.44. The summed E-state index contributed by atoms with van der Waals surface area (Å²) in [5, 5.41) is 2.02. The van der Waals surface area contributed by atoms with Crippen molar-refractivity contribution in [3.8, 4) is 0 Å². The summed E-state index contributed by atoms with van der Waals surface area (Å²) in [4.78, 5) is 15.8. The molecule has 2 aliphatic rings.